The molecule has 0 spiro atoms. The molecule has 0 aromatic rings. The summed E-state index contributed by atoms with van der Waals surface area (Å²) in [5.74, 6) is -1.18. The lowest BCUT2D eigenvalue weighted by Gasteiger charge is -2.04. The highest BCUT2D eigenvalue weighted by Gasteiger charge is 2.06. The molecule has 0 bridgehead atoms. The Kier molecular flexibility index (Phi) is 4.51. The fourth-order valence-corrected chi connectivity index (χ4v) is 0.383. The minimum Gasteiger partial charge on any atom is -0.425 e. The summed E-state index contributed by atoms with van der Waals surface area (Å²) in [6, 6.07) is 0. The van der Waals surface area contributed by atoms with Crippen molar-refractivity contribution in [1.82, 2.24) is 0 Å². The fourth-order valence-electron chi connectivity index (χ4n) is 0.383. The van der Waals surface area contributed by atoms with Crippen molar-refractivity contribution in [2.45, 2.75) is 13.8 Å². The maximum atomic E-state index is 10.8. The molecule has 0 saturated heterocycles. The van der Waals surface area contributed by atoms with Crippen LogP contribution in [0.1, 0.15) is 13.8 Å². The average molecular weight is 184 g/mol. The van der Waals surface area contributed by atoms with Gasteiger partial charge in [0.25, 0.3) is 0 Å². The van der Waals surface area contributed by atoms with E-state index in [4.69, 9.17) is 0 Å². The van der Waals surface area contributed by atoms with Gasteiger partial charge in [-0.15, -0.1) is 0 Å². The molecule has 0 radical (unpaired) electrons. The molecule has 0 amide bonds. The van der Waals surface area contributed by atoms with Crippen molar-refractivity contribution in [2.75, 3.05) is 6.79 Å². The Morgan fingerprint density at radius 2 is 1.31 bits per heavy atom. The molecular weight excluding hydrogens is 172 g/mol. The van der Waals surface area contributed by atoms with Crippen molar-refractivity contribution in [3.05, 3.63) is 24.3 Å². The van der Waals surface area contributed by atoms with Gasteiger partial charge in [0.1, 0.15) is 0 Å². The fraction of sp³-hybridized carbons (Fsp3) is 0.333. The maximum Gasteiger partial charge on any atom is 0.335 e. The Morgan fingerprint density at radius 1 is 1.00 bits per heavy atom. The lowest BCUT2D eigenvalue weighted by Crippen LogP contribution is -2.13. The van der Waals surface area contributed by atoms with Gasteiger partial charge >= 0.3 is 11.9 Å². The first-order valence-electron chi connectivity index (χ1n) is 3.60. The number of hydrogen-bond donors (Lipinski definition) is 0. The predicted octanol–water partition coefficient (Wildman–Crippen LogP) is 1.18. The zero-order valence-electron chi connectivity index (χ0n) is 7.75. The maximum absolute atomic E-state index is 10.8. The standard InChI is InChI=1S/C9H12O4/c1-6(2)8(10)12-5-13-9(11)7(3)4/h1,3,5H2,2,4H3. The largest absolute Gasteiger partial charge is 0.425 e. The van der Waals surface area contributed by atoms with Crippen molar-refractivity contribution < 1.29 is 19.1 Å². The summed E-state index contributed by atoms with van der Waals surface area (Å²) in [6.45, 7) is 9.31. The number of carbonyl (C=O) groups excluding carboxylic acids is 2. The summed E-state index contributed by atoms with van der Waals surface area (Å²) < 4.78 is 9.00. The van der Waals surface area contributed by atoms with Crippen molar-refractivity contribution >= 4 is 11.9 Å². The van der Waals surface area contributed by atoms with Crippen LogP contribution < -0.4 is 0 Å². The van der Waals surface area contributed by atoms with Gasteiger partial charge in [-0.2, -0.15) is 0 Å². The van der Waals surface area contributed by atoms with Crippen LogP contribution in [0.15, 0.2) is 24.3 Å². The van der Waals surface area contributed by atoms with E-state index < -0.39 is 18.7 Å². The number of carbonyl (C=O) groups is 2. The van der Waals surface area contributed by atoms with Crippen LogP contribution in [0.5, 0.6) is 0 Å². The third-order valence-corrected chi connectivity index (χ3v) is 1.08. The Balaban J connectivity index is 3.69. The van der Waals surface area contributed by atoms with E-state index in [1.54, 1.807) is 0 Å². The molecule has 0 aliphatic rings. The summed E-state index contributed by atoms with van der Waals surface area (Å²) in [5, 5.41) is 0. The second kappa shape index (κ2) is 5.13. The minimum atomic E-state index is -0.588. The summed E-state index contributed by atoms with van der Waals surface area (Å²) in [4.78, 5) is 21.5. The number of rotatable bonds is 4. The summed E-state index contributed by atoms with van der Waals surface area (Å²) in [5.41, 5.74) is 0.512. The van der Waals surface area contributed by atoms with Gasteiger partial charge in [-0.05, 0) is 13.8 Å². The van der Waals surface area contributed by atoms with Crippen LogP contribution in [-0.4, -0.2) is 18.7 Å². The quantitative estimate of drug-likeness (QED) is 0.374. The molecule has 0 atom stereocenters. The number of hydrogen-bond acceptors (Lipinski definition) is 4. The molecule has 4 nitrogen and oxygen atoms in total. The molecule has 0 rings (SSSR count). The molecule has 0 saturated carbocycles. The highest BCUT2D eigenvalue weighted by molar-refractivity contribution is 5.88. The van der Waals surface area contributed by atoms with Crippen LogP contribution in [0.3, 0.4) is 0 Å². The summed E-state index contributed by atoms with van der Waals surface area (Å²) >= 11 is 0. The van der Waals surface area contributed by atoms with E-state index in [-0.39, 0.29) is 11.1 Å². The molecule has 0 heterocycles. The normalized spacial score (nSPS) is 8.77. The van der Waals surface area contributed by atoms with Crippen molar-refractivity contribution in [1.29, 1.82) is 0 Å². The number of esters is 2. The van der Waals surface area contributed by atoms with Gasteiger partial charge in [0.05, 0.1) is 0 Å². The minimum absolute atomic E-state index is 0.256. The molecule has 72 valence electrons. The molecule has 4 heteroatoms. The zero-order valence-corrected chi connectivity index (χ0v) is 7.75. The van der Waals surface area contributed by atoms with Gasteiger partial charge in [-0.3, -0.25) is 0 Å². The summed E-state index contributed by atoms with van der Waals surface area (Å²) in [7, 11) is 0. The molecule has 0 aliphatic heterocycles. The highest BCUT2D eigenvalue weighted by atomic mass is 16.7. The second-order valence-electron chi connectivity index (χ2n) is 2.54. The predicted molar refractivity (Wildman–Crippen MR) is 46.7 cm³/mol. The van der Waals surface area contributed by atoms with E-state index in [0.717, 1.165) is 0 Å². The molecule has 0 fully saturated rings. The van der Waals surface area contributed by atoms with Crippen LogP contribution in [-0.2, 0) is 19.1 Å². The lowest BCUT2D eigenvalue weighted by molar-refractivity contribution is -0.161. The monoisotopic (exact) mass is 184 g/mol. The van der Waals surface area contributed by atoms with Crippen LogP contribution >= 0.6 is 0 Å². The Labute approximate surface area is 76.8 Å². The van der Waals surface area contributed by atoms with Gasteiger partial charge in [0, 0.05) is 11.1 Å². The van der Waals surface area contributed by atoms with E-state index in [2.05, 4.69) is 22.6 Å². The lowest BCUT2D eigenvalue weighted by atomic mass is 10.4. The molecule has 0 unspecified atom stereocenters. The number of ether oxygens (including phenoxy) is 2. The Morgan fingerprint density at radius 3 is 1.54 bits per heavy atom. The van der Waals surface area contributed by atoms with Gasteiger partial charge in [-0.1, -0.05) is 13.2 Å². The van der Waals surface area contributed by atoms with Crippen LogP contribution in [0, 0.1) is 0 Å². The van der Waals surface area contributed by atoms with Crippen LogP contribution in [0.25, 0.3) is 0 Å². The van der Waals surface area contributed by atoms with Gasteiger partial charge in [0.15, 0.2) is 0 Å². The third kappa shape index (κ3) is 4.79. The van der Waals surface area contributed by atoms with Crippen LogP contribution in [0.2, 0.25) is 0 Å². The SMILES string of the molecule is C=C(C)C(=O)OCOC(=O)C(=C)C. The van der Waals surface area contributed by atoms with Crippen molar-refractivity contribution in [2.24, 2.45) is 0 Å². The Hall–Kier alpha value is -1.58. The zero-order chi connectivity index (χ0) is 10.4. The smallest absolute Gasteiger partial charge is 0.335 e. The molecule has 13 heavy (non-hydrogen) atoms. The third-order valence-electron chi connectivity index (χ3n) is 1.08. The van der Waals surface area contributed by atoms with E-state index in [1.807, 2.05) is 0 Å². The van der Waals surface area contributed by atoms with Gasteiger partial charge in [-0.25, -0.2) is 9.59 Å². The molecule has 0 aromatic carbocycles. The first-order chi connectivity index (χ1) is 5.95. The topological polar surface area (TPSA) is 52.6 Å². The highest BCUT2D eigenvalue weighted by Crippen LogP contribution is 1.95. The first kappa shape index (κ1) is 11.4. The van der Waals surface area contributed by atoms with E-state index >= 15 is 0 Å². The average Bonchev–Trinajstić information content (AvgIpc) is 2.03. The molecule has 0 aromatic heterocycles. The van der Waals surface area contributed by atoms with Gasteiger partial charge < -0.3 is 9.47 Å². The Bertz CT molecular complexity index is 226. The molecular formula is C9H12O4. The first-order valence-corrected chi connectivity index (χ1v) is 3.60. The second-order valence-corrected chi connectivity index (χ2v) is 2.54. The molecule has 0 N–H and O–H groups in total. The molecule has 0 aliphatic carbocycles. The van der Waals surface area contributed by atoms with Crippen molar-refractivity contribution in [3.63, 3.8) is 0 Å². The van der Waals surface area contributed by atoms with E-state index in [9.17, 15) is 9.59 Å². The van der Waals surface area contributed by atoms with E-state index in [0.29, 0.717) is 0 Å². The van der Waals surface area contributed by atoms with Crippen molar-refractivity contribution in [3.8, 4) is 0 Å². The van der Waals surface area contributed by atoms with E-state index in [1.165, 1.54) is 13.8 Å². The van der Waals surface area contributed by atoms with Gasteiger partial charge in [0.2, 0.25) is 6.79 Å². The summed E-state index contributed by atoms with van der Waals surface area (Å²) in [6.07, 6.45) is 0. The van der Waals surface area contributed by atoms with Crippen LogP contribution in [0.4, 0.5) is 0 Å².